The predicted molar refractivity (Wildman–Crippen MR) is 74.6 cm³/mol. The molecular weight excluding hydrogens is 311 g/mol. The van der Waals surface area contributed by atoms with Crippen LogP contribution in [0.1, 0.15) is 29.9 Å². The van der Waals surface area contributed by atoms with Crippen molar-refractivity contribution in [1.82, 2.24) is 4.90 Å². The molecule has 3 rings (SSSR count). The number of carboxylic acids is 1. The Morgan fingerprint density at radius 2 is 2.00 bits per heavy atom. The average molecular weight is 327 g/mol. The van der Waals surface area contributed by atoms with Gasteiger partial charge < -0.3 is 10.0 Å². The quantitative estimate of drug-likeness (QED) is 0.929. The third kappa shape index (κ3) is 3.18. The lowest BCUT2D eigenvalue weighted by Crippen LogP contribution is -2.31. The molecule has 1 aromatic rings. The fourth-order valence-corrected chi connectivity index (χ4v) is 3.18. The highest BCUT2D eigenvalue weighted by molar-refractivity contribution is 5.84. The number of carboxylic acid groups (broad SMARTS) is 1. The van der Waals surface area contributed by atoms with Gasteiger partial charge in [0, 0.05) is 19.0 Å². The zero-order valence-corrected chi connectivity index (χ0v) is 12.2. The van der Waals surface area contributed by atoms with Crippen LogP contribution in [0.4, 0.5) is 13.2 Å². The molecule has 0 radical (unpaired) electrons. The van der Waals surface area contributed by atoms with E-state index >= 15 is 0 Å². The molecule has 1 N–H and O–H groups in total. The van der Waals surface area contributed by atoms with Gasteiger partial charge in [0.25, 0.3) is 0 Å². The number of aliphatic carboxylic acids is 1. The Labute approximate surface area is 130 Å². The molecule has 23 heavy (non-hydrogen) atoms. The molecular formula is C16H16F3NO3. The zero-order valence-electron chi connectivity index (χ0n) is 12.2. The maximum atomic E-state index is 12.7. The number of hydrogen-bond acceptors (Lipinski definition) is 2. The van der Waals surface area contributed by atoms with Crippen molar-refractivity contribution in [3.63, 3.8) is 0 Å². The molecule has 3 atom stereocenters. The van der Waals surface area contributed by atoms with Gasteiger partial charge in [0.2, 0.25) is 5.91 Å². The second-order valence-corrected chi connectivity index (χ2v) is 6.18. The normalized spacial score (nSPS) is 27.1. The van der Waals surface area contributed by atoms with E-state index in [1.165, 1.54) is 11.0 Å². The topological polar surface area (TPSA) is 57.6 Å². The van der Waals surface area contributed by atoms with Gasteiger partial charge in [0.1, 0.15) is 0 Å². The molecule has 124 valence electrons. The molecule has 0 spiro atoms. The van der Waals surface area contributed by atoms with Gasteiger partial charge in [-0.1, -0.05) is 18.2 Å². The molecule has 1 heterocycles. The third-order valence-corrected chi connectivity index (χ3v) is 4.60. The molecule has 3 unspecified atom stereocenters. The van der Waals surface area contributed by atoms with Crippen molar-refractivity contribution < 1.29 is 27.9 Å². The number of rotatable bonds is 3. The van der Waals surface area contributed by atoms with Crippen molar-refractivity contribution in [3.05, 3.63) is 35.4 Å². The van der Waals surface area contributed by atoms with Crippen LogP contribution in [0, 0.1) is 11.8 Å². The van der Waals surface area contributed by atoms with Crippen LogP contribution in [0.5, 0.6) is 0 Å². The SMILES string of the molecule is O=C(O)C1CCN(C(=O)C2CC2c2cccc(C(F)(F)F)c2)C1. The molecule has 1 aliphatic carbocycles. The van der Waals surface area contributed by atoms with Gasteiger partial charge in [-0.05, 0) is 30.4 Å². The molecule has 0 aromatic heterocycles. The maximum absolute atomic E-state index is 12.7. The van der Waals surface area contributed by atoms with Crippen LogP contribution in [0.25, 0.3) is 0 Å². The summed E-state index contributed by atoms with van der Waals surface area (Å²) in [4.78, 5) is 24.8. The Bertz CT molecular complexity index is 644. The number of benzene rings is 1. The largest absolute Gasteiger partial charge is 0.481 e. The third-order valence-electron chi connectivity index (χ3n) is 4.60. The van der Waals surface area contributed by atoms with Crippen molar-refractivity contribution >= 4 is 11.9 Å². The molecule has 1 aliphatic heterocycles. The lowest BCUT2D eigenvalue weighted by Gasteiger charge is -2.16. The molecule has 7 heteroatoms. The summed E-state index contributed by atoms with van der Waals surface area (Å²) in [5.74, 6) is -2.12. The number of halogens is 3. The van der Waals surface area contributed by atoms with Crippen molar-refractivity contribution in [3.8, 4) is 0 Å². The van der Waals surface area contributed by atoms with Crippen molar-refractivity contribution in [2.75, 3.05) is 13.1 Å². The maximum Gasteiger partial charge on any atom is 0.416 e. The summed E-state index contributed by atoms with van der Waals surface area (Å²) in [6.45, 7) is 0.599. The van der Waals surface area contributed by atoms with E-state index in [0.29, 0.717) is 24.9 Å². The number of likely N-dealkylation sites (tertiary alicyclic amines) is 1. The lowest BCUT2D eigenvalue weighted by atomic mass is 10.1. The van der Waals surface area contributed by atoms with E-state index in [-0.39, 0.29) is 24.3 Å². The monoisotopic (exact) mass is 327 g/mol. The van der Waals surface area contributed by atoms with Crippen LogP contribution in [-0.4, -0.2) is 35.0 Å². The van der Waals surface area contributed by atoms with Crippen LogP contribution in [0.2, 0.25) is 0 Å². The van der Waals surface area contributed by atoms with Crippen molar-refractivity contribution in [2.45, 2.75) is 24.9 Å². The molecule has 0 bridgehead atoms. The van der Waals surface area contributed by atoms with Crippen LogP contribution in [0.15, 0.2) is 24.3 Å². The first kappa shape index (κ1) is 15.8. The Morgan fingerprint density at radius 1 is 1.26 bits per heavy atom. The van der Waals surface area contributed by atoms with E-state index in [9.17, 15) is 22.8 Å². The first-order valence-corrected chi connectivity index (χ1v) is 7.46. The molecule has 1 saturated carbocycles. The minimum atomic E-state index is -4.39. The Hall–Kier alpha value is -2.05. The highest BCUT2D eigenvalue weighted by Crippen LogP contribution is 2.49. The van der Waals surface area contributed by atoms with Gasteiger partial charge in [-0.3, -0.25) is 9.59 Å². The van der Waals surface area contributed by atoms with Gasteiger partial charge in [-0.25, -0.2) is 0 Å². The molecule has 1 saturated heterocycles. The Kier molecular flexibility index (Phi) is 3.82. The predicted octanol–water partition coefficient (Wildman–Crippen LogP) is 2.74. The number of hydrogen-bond donors (Lipinski definition) is 1. The van der Waals surface area contributed by atoms with E-state index in [2.05, 4.69) is 0 Å². The summed E-state index contributed by atoms with van der Waals surface area (Å²) in [6.07, 6.45) is -3.44. The minimum Gasteiger partial charge on any atom is -0.481 e. The van der Waals surface area contributed by atoms with Gasteiger partial charge >= 0.3 is 12.1 Å². The molecule has 4 nitrogen and oxygen atoms in total. The summed E-state index contributed by atoms with van der Waals surface area (Å²) < 4.78 is 38.2. The first-order valence-electron chi connectivity index (χ1n) is 7.46. The smallest absolute Gasteiger partial charge is 0.416 e. The van der Waals surface area contributed by atoms with Crippen LogP contribution in [0.3, 0.4) is 0 Å². The van der Waals surface area contributed by atoms with E-state index in [0.717, 1.165) is 12.1 Å². The number of alkyl halides is 3. The fourth-order valence-electron chi connectivity index (χ4n) is 3.18. The van der Waals surface area contributed by atoms with Crippen LogP contribution in [-0.2, 0) is 15.8 Å². The van der Waals surface area contributed by atoms with Crippen LogP contribution < -0.4 is 0 Å². The number of carbonyl (C=O) groups is 2. The van der Waals surface area contributed by atoms with Gasteiger partial charge in [-0.15, -0.1) is 0 Å². The second-order valence-electron chi connectivity index (χ2n) is 6.18. The van der Waals surface area contributed by atoms with Crippen molar-refractivity contribution in [2.24, 2.45) is 11.8 Å². The van der Waals surface area contributed by atoms with E-state index in [1.54, 1.807) is 6.07 Å². The Balaban J connectivity index is 1.66. The van der Waals surface area contributed by atoms with Gasteiger partial charge in [0.05, 0.1) is 11.5 Å². The number of nitrogens with zero attached hydrogens (tertiary/aromatic N) is 1. The van der Waals surface area contributed by atoms with Crippen LogP contribution >= 0.6 is 0 Å². The molecule has 2 fully saturated rings. The molecule has 1 amide bonds. The summed E-state index contributed by atoms with van der Waals surface area (Å²) in [5, 5.41) is 8.96. The van der Waals surface area contributed by atoms with E-state index in [1.807, 2.05) is 0 Å². The Morgan fingerprint density at radius 3 is 2.61 bits per heavy atom. The zero-order chi connectivity index (χ0) is 16.8. The highest BCUT2D eigenvalue weighted by Gasteiger charge is 2.47. The number of carbonyl (C=O) groups excluding carboxylic acids is 1. The van der Waals surface area contributed by atoms with E-state index < -0.39 is 23.6 Å². The second kappa shape index (κ2) is 5.54. The summed E-state index contributed by atoms with van der Waals surface area (Å²) in [6, 6.07) is 5.08. The average Bonchev–Trinajstić information content (AvgIpc) is 3.13. The first-order chi connectivity index (χ1) is 10.8. The fraction of sp³-hybridized carbons (Fsp3) is 0.500. The lowest BCUT2D eigenvalue weighted by molar-refractivity contribution is -0.141. The number of amides is 1. The van der Waals surface area contributed by atoms with E-state index in [4.69, 9.17) is 5.11 Å². The van der Waals surface area contributed by atoms with Gasteiger partial charge in [0.15, 0.2) is 0 Å². The summed E-state index contributed by atoms with van der Waals surface area (Å²) in [7, 11) is 0. The highest BCUT2D eigenvalue weighted by atomic mass is 19.4. The molecule has 1 aromatic carbocycles. The standard InChI is InChI=1S/C16H16F3NO3/c17-16(18,19)11-3-1-2-9(6-11)12-7-13(12)14(21)20-5-4-10(8-20)15(22)23/h1-3,6,10,12-13H,4-5,7-8H2,(H,22,23). The summed E-state index contributed by atoms with van der Waals surface area (Å²) in [5.41, 5.74) is -0.188. The minimum absolute atomic E-state index is 0.142. The summed E-state index contributed by atoms with van der Waals surface area (Å²) >= 11 is 0. The molecule has 2 aliphatic rings. The van der Waals surface area contributed by atoms with Gasteiger partial charge in [-0.2, -0.15) is 13.2 Å². The van der Waals surface area contributed by atoms with Crippen molar-refractivity contribution in [1.29, 1.82) is 0 Å².